The lowest BCUT2D eigenvalue weighted by Gasteiger charge is -2.11. The van der Waals surface area contributed by atoms with Crippen LogP contribution < -0.4 is 4.18 Å². The highest BCUT2D eigenvalue weighted by Gasteiger charge is 2.38. The molecule has 8 heteroatoms. The zero-order chi connectivity index (χ0) is 13.4. The summed E-state index contributed by atoms with van der Waals surface area (Å²) in [6, 6.07) is 5.95. The normalized spacial score (nSPS) is 22.8. The van der Waals surface area contributed by atoms with Crippen LogP contribution in [0, 0.1) is 0 Å². The highest BCUT2D eigenvalue weighted by molar-refractivity contribution is 7.94. The van der Waals surface area contributed by atoms with Crippen LogP contribution in [0.15, 0.2) is 24.3 Å². The minimum atomic E-state index is -3.94. The Morgan fingerprint density at radius 1 is 1.33 bits per heavy atom. The summed E-state index contributed by atoms with van der Waals surface area (Å²) < 4.78 is 51.1. The van der Waals surface area contributed by atoms with E-state index in [1.807, 2.05) is 0 Å². The molecule has 0 bridgehead atoms. The van der Waals surface area contributed by atoms with Crippen molar-refractivity contribution in [3.8, 4) is 5.75 Å². The monoisotopic (exact) mass is 310 g/mol. The van der Waals surface area contributed by atoms with Gasteiger partial charge in [-0.25, -0.2) is 8.42 Å². The fraction of sp³-hybridized carbons (Fsp3) is 0.400. The standard InChI is InChI=1S/C10H11ClO5S2/c11-8-2-1-3-9(6-8)16-18(14,15)10-4-5-17(12,13)7-10/h1-3,6,10H,4-5,7H2. The molecule has 5 nitrogen and oxygen atoms in total. The molecule has 0 N–H and O–H groups in total. The Labute approximate surface area is 111 Å². The third-order valence-corrected chi connectivity index (χ3v) is 6.47. The van der Waals surface area contributed by atoms with Crippen molar-refractivity contribution in [3.05, 3.63) is 29.3 Å². The predicted molar refractivity (Wildman–Crippen MR) is 68.1 cm³/mol. The van der Waals surface area contributed by atoms with Crippen molar-refractivity contribution in [1.29, 1.82) is 0 Å². The van der Waals surface area contributed by atoms with Crippen LogP contribution in [-0.4, -0.2) is 33.6 Å². The molecule has 0 radical (unpaired) electrons. The molecule has 0 amide bonds. The summed E-state index contributed by atoms with van der Waals surface area (Å²) in [5.74, 6) is -0.405. The Balaban J connectivity index is 2.18. The van der Waals surface area contributed by atoms with E-state index in [9.17, 15) is 16.8 Å². The van der Waals surface area contributed by atoms with Gasteiger partial charge in [0.05, 0.1) is 11.5 Å². The average Bonchev–Trinajstić information content (AvgIpc) is 2.59. The first-order valence-corrected chi connectivity index (χ1v) is 8.85. The molecular weight excluding hydrogens is 300 g/mol. The third-order valence-electron chi connectivity index (χ3n) is 2.61. The average molecular weight is 311 g/mol. The highest BCUT2D eigenvalue weighted by atomic mass is 35.5. The molecular formula is C10H11ClO5S2. The number of sulfone groups is 1. The van der Waals surface area contributed by atoms with E-state index in [-0.39, 0.29) is 23.7 Å². The summed E-state index contributed by atoms with van der Waals surface area (Å²) in [5, 5.41) is -0.650. The minimum Gasteiger partial charge on any atom is -0.382 e. The van der Waals surface area contributed by atoms with Crippen molar-refractivity contribution in [2.75, 3.05) is 11.5 Å². The maximum absolute atomic E-state index is 11.9. The van der Waals surface area contributed by atoms with Gasteiger partial charge >= 0.3 is 10.1 Å². The van der Waals surface area contributed by atoms with Crippen LogP contribution in [0.1, 0.15) is 6.42 Å². The first-order valence-electron chi connectivity index (χ1n) is 5.18. The van der Waals surface area contributed by atoms with Crippen molar-refractivity contribution >= 4 is 31.6 Å². The van der Waals surface area contributed by atoms with Crippen molar-refractivity contribution < 1.29 is 21.0 Å². The van der Waals surface area contributed by atoms with E-state index in [4.69, 9.17) is 15.8 Å². The number of hydrogen-bond acceptors (Lipinski definition) is 5. The molecule has 1 aromatic rings. The van der Waals surface area contributed by atoms with Gasteiger partial charge in [-0.15, -0.1) is 0 Å². The van der Waals surface area contributed by atoms with E-state index >= 15 is 0 Å². The molecule has 1 aromatic carbocycles. The number of hydrogen-bond donors (Lipinski definition) is 0. The van der Waals surface area contributed by atoms with E-state index in [0.29, 0.717) is 5.02 Å². The maximum atomic E-state index is 11.9. The largest absolute Gasteiger partial charge is 0.382 e. The molecule has 1 fully saturated rings. The molecule has 1 aliphatic rings. The van der Waals surface area contributed by atoms with E-state index in [2.05, 4.69) is 0 Å². The van der Waals surface area contributed by atoms with Crippen LogP contribution in [0.2, 0.25) is 5.02 Å². The molecule has 1 heterocycles. The van der Waals surface area contributed by atoms with Crippen LogP contribution in [0.4, 0.5) is 0 Å². The fourth-order valence-electron chi connectivity index (χ4n) is 1.71. The first-order chi connectivity index (χ1) is 8.28. The molecule has 0 saturated carbocycles. The topological polar surface area (TPSA) is 77.5 Å². The summed E-state index contributed by atoms with van der Waals surface area (Å²) >= 11 is 5.71. The van der Waals surface area contributed by atoms with E-state index in [1.165, 1.54) is 12.1 Å². The SMILES string of the molecule is O=S1(=O)CCC(S(=O)(=O)Oc2cccc(Cl)c2)C1. The smallest absolute Gasteiger partial charge is 0.313 e. The predicted octanol–water partition coefficient (Wildman–Crippen LogP) is 1.24. The third kappa shape index (κ3) is 3.15. The van der Waals surface area contributed by atoms with Crippen LogP contribution >= 0.6 is 11.6 Å². The van der Waals surface area contributed by atoms with Crippen LogP contribution in [0.5, 0.6) is 5.75 Å². The Hall–Kier alpha value is -0.790. The molecule has 1 unspecified atom stereocenters. The molecule has 18 heavy (non-hydrogen) atoms. The molecule has 0 spiro atoms. The Kier molecular flexibility index (Phi) is 3.57. The molecule has 100 valence electrons. The van der Waals surface area contributed by atoms with Gasteiger partial charge in [-0.05, 0) is 18.6 Å². The lowest BCUT2D eigenvalue weighted by Crippen LogP contribution is -2.27. The Morgan fingerprint density at radius 2 is 2.06 bits per heavy atom. The van der Waals surface area contributed by atoms with Crippen molar-refractivity contribution in [1.82, 2.24) is 0 Å². The number of halogens is 1. The molecule has 1 saturated heterocycles. The van der Waals surface area contributed by atoms with Crippen LogP contribution in [0.25, 0.3) is 0 Å². The van der Waals surface area contributed by atoms with Gasteiger partial charge in [0.15, 0.2) is 9.84 Å². The summed E-state index contributed by atoms with van der Waals surface area (Å²) in [5.41, 5.74) is 0. The van der Waals surface area contributed by atoms with Crippen molar-refractivity contribution in [2.24, 2.45) is 0 Å². The van der Waals surface area contributed by atoms with Crippen molar-refractivity contribution in [2.45, 2.75) is 11.7 Å². The van der Waals surface area contributed by atoms with Gasteiger partial charge in [0.1, 0.15) is 11.0 Å². The van der Waals surface area contributed by atoms with Crippen LogP contribution in [-0.2, 0) is 20.0 Å². The van der Waals surface area contributed by atoms with Gasteiger partial charge in [-0.3, -0.25) is 0 Å². The molecule has 0 aromatic heterocycles. The van der Waals surface area contributed by atoms with Crippen LogP contribution in [0.3, 0.4) is 0 Å². The van der Waals surface area contributed by atoms with Gasteiger partial charge in [-0.2, -0.15) is 8.42 Å². The molecule has 2 rings (SSSR count). The summed E-state index contributed by atoms with van der Waals surface area (Å²) in [6.07, 6.45) is 0.0746. The fourth-order valence-corrected chi connectivity index (χ4v) is 5.79. The Bertz CT molecular complexity index is 651. The minimum absolute atomic E-state index is 0.0746. The second-order valence-electron chi connectivity index (χ2n) is 4.06. The quantitative estimate of drug-likeness (QED) is 0.785. The summed E-state index contributed by atoms with van der Waals surface area (Å²) in [7, 11) is -7.20. The van der Waals surface area contributed by atoms with Gasteiger partial charge in [0.2, 0.25) is 0 Å². The summed E-state index contributed by atoms with van der Waals surface area (Å²) in [4.78, 5) is 0. The molecule has 1 aliphatic heterocycles. The Morgan fingerprint density at radius 3 is 2.61 bits per heavy atom. The first kappa shape index (κ1) is 13.6. The maximum Gasteiger partial charge on any atom is 0.313 e. The zero-order valence-electron chi connectivity index (χ0n) is 9.24. The van der Waals surface area contributed by atoms with Gasteiger partial charge in [0.25, 0.3) is 0 Å². The summed E-state index contributed by atoms with van der Waals surface area (Å²) in [6.45, 7) is 0. The van der Waals surface area contributed by atoms with E-state index < -0.39 is 25.2 Å². The van der Waals surface area contributed by atoms with Gasteiger partial charge < -0.3 is 4.18 Å². The number of benzene rings is 1. The highest BCUT2D eigenvalue weighted by Crippen LogP contribution is 2.24. The van der Waals surface area contributed by atoms with Gasteiger partial charge in [0, 0.05) is 11.1 Å². The van der Waals surface area contributed by atoms with E-state index in [1.54, 1.807) is 12.1 Å². The van der Waals surface area contributed by atoms with Crippen molar-refractivity contribution in [3.63, 3.8) is 0 Å². The lowest BCUT2D eigenvalue weighted by molar-refractivity contribution is 0.474. The second kappa shape index (κ2) is 4.71. The lowest BCUT2D eigenvalue weighted by atomic mass is 10.3. The zero-order valence-corrected chi connectivity index (χ0v) is 11.6. The van der Waals surface area contributed by atoms with E-state index in [0.717, 1.165) is 0 Å². The van der Waals surface area contributed by atoms with Gasteiger partial charge in [-0.1, -0.05) is 17.7 Å². The number of rotatable bonds is 3. The second-order valence-corrected chi connectivity index (χ2v) is 8.54. The molecule has 1 atom stereocenters. The molecule has 0 aliphatic carbocycles.